The van der Waals surface area contributed by atoms with E-state index in [4.69, 9.17) is 0 Å². The molecule has 1 aromatic carbocycles. The van der Waals surface area contributed by atoms with E-state index < -0.39 is 10.8 Å². The molecule has 7 nitrogen and oxygen atoms in total. The van der Waals surface area contributed by atoms with Gasteiger partial charge >= 0.3 is 5.69 Å². The Morgan fingerprint density at radius 2 is 2.21 bits per heavy atom. The highest BCUT2D eigenvalue weighted by atomic mass is 16.6. The van der Waals surface area contributed by atoms with Gasteiger partial charge in [0.2, 0.25) is 5.69 Å². The van der Waals surface area contributed by atoms with Gasteiger partial charge in [-0.2, -0.15) is 5.10 Å². The second-order valence-corrected chi connectivity index (χ2v) is 6.51. The fourth-order valence-electron chi connectivity index (χ4n) is 3.50. The average molecular weight is 328 g/mol. The Balaban J connectivity index is 1.81. The zero-order valence-corrected chi connectivity index (χ0v) is 13.8. The molecule has 24 heavy (non-hydrogen) atoms. The van der Waals surface area contributed by atoms with E-state index in [9.17, 15) is 14.9 Å². The molecule has 0 bridgehead atoms. The predicted molar refractivity (Wildman–Crippen MR) is 88.9 cm³/mol. The van der Waals surface area contributed by atoms with Crippen LogP contribution in [0.25, 0.3) is 0 Å². The number of hydrogen-bond acceptors (Lipinski definition) is 4. The Labute approximate surface area is 139 Å². The summed E-state index contributed by atoms with van der Waals surface area (Å²) < 4.78 is 1.24. The van der Waals surface area contributed by atoms with E-state index in [1.54, 1.807) is 0 Å². The third-order valence-electron chi connectivity index (χ3n) is 4.81. The number of rotatable bonds is 4. The zero-order chi connectivity index (χ0) is 17.3. The van der Waals surface area contributed by atoms with Crippen LogP contribution < -0.4 is 5.32 Å². The summed E-state index contributed by atoms with van der Waals surface area (Å²) in [6.45, 7) is 2.56. The van der Waals surface area contributed by atoms with Gasteiger partial charge in [-0.3, -0.25) is 19.6 Å². The molecule has 1 unspecified atom stereocenters. The first-order chi connectivity index (χ1) is 11.4. The molecule has 1 aromatic heterocycles. The first-order valence-electron chi connectivity index (χ1n) is 7.95. The number of benzene rings is 1. The van der Waals surface area contributed by atoms with Crippen molar-refractivity contribution < 1.29 is 9.72 Å². The number of nitrogens with one attached hydrogen (secondary N) is 1. The van der Waals surface area contributed by atoms with Crippen LogP contribution >= 0.6 is 0 Å². The van der Waals surface area contributed by atoms with Gasteiger partial charge in [-0.1, -0.05) is 31.2 Å². The van der Waals surface area contributed by atoms with E-state index in [0.29, 0.717) is 6.54 Å². The number of hydrogen-bond donors (Lipinski definition) is 1. The van der Waals surface area contributed by atoms with E-state index in [1.807, 2.05) is 12.1 Å². The van der Waals surface area contributed by atoms with Gasteiger partial charge in [-0.05, 0) is 30.4 Å². The normalized spacial score (nSPS) is 19.6. The topological polar surface area (TPSA) is 90.1 Å². The van der Waals surface area contributed by atoms with Crippen LogP contribution in [0.1, 0.15) is 41.4 Å². The molecule has 1 N–H and O–H groups in total. The molecule has 1 aliphatic rings. The number of nitro groups is 1. The highest BCUT2D eigenvalue weighted by Crippen LogP contribution is 2.36. The minimum atomic E-state index is -0.584. The highest BCUT2D eigenvalue weighted by Gasteiger charge is 2.33. The molecule has 0 saturated carbocycles. The zero-order valence-electron chi connectivity index (χ0n) is 13.8. The van der Waals surface area contributed by atoms with Gasteiger partial charge in [-0.25, -0.2) is 0 Å². The van der Waals surface area contributed by atoms with Crippen LogP contribution in [0.5, 0.6) is 0 Å². The number of carbonyl (C=O) groups is 1. The smallest absolute Gasteiger partial charge is 0.320 e. The van der Waals surface area contributed by atoms with Crippen molar-refractivity contribution >= 4 is 11.6 Å². The summed E-state index contributed by atoms with van der Waals surface area (Å²) in [5, 5.41) is 17.7. The molecule has 7 heteroatoms. The van der Waals surface area contributed by atoms with E-state index in [0.717, 1.165) is 25.5 Å². The number of nitrogens with zero attached hydrogens (tertiary/aromatic N) is 3. The Morgan fingerprint density at radius 3 is 2.96 bits per heavy atom. The van der Waals surface area contributed by atoms with Crippen molar-refractivity contribution in [3.05, 3.63) is 57.4 Å². The van der Waals surface area contributed by atoms with Crippen molar-refractivity contribution in [2.75, 3.05) is 6.54 Å². The van der Waals surface area contributed by atoms with Crippen LogP contribution in [0, 0.1) is 10.1 Å². The third-order valence-corrected chi connectivity index (χ3v) is 4.81. The van der Waals surface area contributed by atoms with Crippen LogP contribution in [0.15, 0.2) is 30.5 Å². The standard InChI is InChI=1S/C17H20N4O3/c1-17(9-5-7-12-6-3-4-8-13(12)17)11-18-16(22)15-14(21(23)24)10-19-20(15)2/h3-4,6,8,10H,5,7,9,11H2,1-2H3,(H,18,22). The minimum Gasteiger partial charge on any atom is -0.350 e. The van der Waals surface area contributed by atoms with Crippen LogP contribution in [-0.4, -0.2) is 27.2 Å². The molecule has 0 radical (unpaired) electrons. The molecule has 1 aliphatic carbocycles. The Hall–Kier alpha value is -2.70. The van der Waals surface area contributed by atoms with Crippen LogP contribution in [0.4, 0.5) is 5.69 Å². The maximum Gasteiger partial charge on any atom is 0.320 e. The molecule has 1 atom stereocenters. The molecule has 3 rings (SSSR count). The number of fused-ring (bicyclic) bond motifs is 1. The van der Waals surface area contributed by atoms with Crippen molar-refractivity contribution in [3.63, 3.8) is 0 Å². The second-order valence-electron chi connectivity index (χ2n) is 6.51. The van der Waals surface area contributed by atoms with E-state index >= 15 is 0 Å². The van der Waals surface area contributed by atoms with Crippen molar-refractivity contribution in [1.82, 2.24) is 15.1 Å². The SMILES string of the molecule is Cn1ncc([N+](=O)[O-])c1C(=O)NCC1(C)CCCc2ccccc21. The van der Waals surface area contributed by atoms with Crippen LogP contribution in [0.3, 0.4) is 0 Å². The van der Waals surface area contributed by atoms with E-state index in [2.05, 4.69) is 29.5 Å². The highest BCUT2D eigenvalue weighted by molar-refractivity contribution is 5.96. The maximum atomic E-state index is 12.5. The predicted octanol–water partition coefficient (Wildman–Crippen LogP) is 2.35. The molecule has 0 aliphatic heterocycles. The maximum absolute atomic E-state index is 12.5. The largest absolute Gasteiger partial charge is 0.350 e. The van der Waals surface area contributed by atoms with Crippen molar-refractivity contribution in [1.29, 1.82) is 0 Å². The van der Waals surface area contributed by atoms with E-state index in [1.165, 1.54) is 22.9 Å². The van der Waals surface area contributed by atoms with Gasteiger partial charge in [0.15, 0.2) is 0 Å². The van der Waals surface area contributed by atoms with Crippen LogP contribution in [-0.2, 0) is 18.9 Å². The van der Waals surface area contributed by atoms with Gasteiger partial charge in [0.1, 0.15) is 6.20 Å². The molecule has 126 valence electrons. The van der Waals surface area contributed by atoms with Crippen molar-refractivity contribution in [2.45, 2.75) is 31.6 Å². The molecule has 0 spiro atoms. The average Bonchev–Trinajstić information content (AvgIpc) is 2.95. The van der Waals surface area contributed by atoms with Gasteiger partial charge in [-0.15, -0.1) is 0 Å². The van der Waals surface area contributed by atoms with Crippen molar-refractivity contribution in [2.24, 2.45) is 7.05 Å². The Kier molecular flexibility index (Phi) is 4.09. The number of carbonyl (C=O) groups excluding carboxylic acids is 1. The summed E-state index contributed by atoms with van der Waals surface area (Å²) in [7, 11) is 1.53. The number of aromatic nitrogens is 2. The first kappa shape index (κ1) is 16.2. The quantitative estimate of drug-likeness (QED) is 0.689. The Bertz CT molecular complexity index is 799. The molecule has 1 amide bonds. The lowest BCUT2D eigenvalue weighted by Crippen LogP contribution is -2.41. The number of amides is 1. The molecule has 0 saturated heterocycles. The lowest BCUT2D eigenvalue weighted by atomic mass is 9.71. The molecule has 1 heterocycles. The third kappa shape index (κ3) is 2.77. The van der Waals surface area contributed by atoms with Gasteiger partial charge < -0.3 is 5.32 Å². The first-order valence-corrected chi connectivity index (χ1v) is 7.95. The van der Waals surface area contributed by atoms with E-state index in [-0.39, 0.29) is 16.8 Å². The van der Waals surface area contributed by atoms with Gasteiger partial charge in [0.05, 0.1) is 4.92 Å². The lowest BCUT2D eigenvalue weighted by Gasteiger charge is -2.36. The lowest BCUT2D eigenvalue weighted by molar-refractivity contribution is -0.385. The summed E-state index contributed by atoms with van der Waals surface area (Å²) in [5.74, 6) is -0.467. The Morgan fingerprint density at radius 1 is 1.46 bits per heavy atom. The van der Waals surface area contributed by atoms with Crippen molar-refractivity contribution in [3.8, 4) is 0 Å². The second kappa shape index (κ2) is 6.07. The summed E-state index contributed by atoms with van der Waals surface area (Å²) in [6, 6.07) is 8.27. The van der Waals surface area contributed by atoms with Gasteiger partial charge in [0.25, 0.3) is 5.91 Å². The summed E-state index contributed by atoms with van der Waals surface area (Å²) in [6.07, 6.45) is 4.19. The molecule has 2 aromatic rings. The summed E-state index contributed by atoms with van der Waals surface area (Å²) in [4.78, 5) is 22.9. The summed E-state index contributed by atoms with van der Waals surface area (Å²) in [5.41, 5.74) is 2.10. The number of aryl methyl sites for hydroxylation is 2. The van der Waals surface area contributed by atoms with Gasteiger partial charge in [0, 0.05) is 19.0 Å². The fourth-order valence-corrected chi connectivity index (χ4v) is 3.50. The monoisotopic (exact) mass is 328 g/mol. The fraction of sp³-hybridized carbons (Fsp3) is 0.412. The minimum absolute atomic E-state index is 0.0207. The molecular weight excluding hydrogens is 308 g/mol. The summed E-state index contributed by atoms with van der Waals surface area (Å²) >= 11 is 0. The molecular formula is C17H20N4O3. The van der Waals surface area contributed by atoms with Crippen LogP contribution in [0.2, 0.25) is 0 Å². The molecule has 0 fully saturated rings.